The zero-order valence-electron chi connectivity index (χ0n) is 8.97. The molecule has 86 valence electrons. The summed E-state index contributed by atoms with van der Waals surface area (Å²) in [6.07, 6.45) is 1.49. The van der Waals surface area contributed by atoms with E-state index in [1.807, 2.05) is 6.07 Å². The molecule has 1 aromatic carbocycles. The summed E-state index contributed by atoms with van der Waals surface area (Å²) in [7, 11) is -0.487. The molecule has 0 unspecified atom stereocenters. The highest BCUT2D eigenvalue weighted by Crippen LogP contribution is 2.31. The van der Waals surface area contributed by atoms with E-state index < -0.39 is 10.0 Å². The molecule has 5 nitrogen and oxygen atoms in total. The lowest BCUT2D eigenvalue weighted by Gasteiger charge is -2.03. The molecule has 16 heavy (non-hydrogen) atoms. The molecule has 0 amide bonds. The summed E-state index contributed by atoms with van der Waals surface area (Å²) in [6, 6.07) is 5.32. The molecule has 2 rings (SSSR count). The van der Waals surface area contributed by atoms with Gasteiger partial charge in [0.1, 0.15) is 10.6 Å². The van der Waals surface area contributed by atoms with Gasteiger partial charge in [-0.25, -0.2) is 13.6 Å². The molecule has 6 heteroatoms. The first-order valence-electron chi connectivity index (χ1n) is 4.60. The second-order valence-electron chi connectivity index (χ2n) is 3.50. The van der Waals surface area contributed by atoms with Crippen molar-refractivity contribution in [2.45, 2.75) is 4.90 Å². The number of hydrogen-bond acceptors (Lipinski definition) is 3. The highest BCUT2D eigenvalue weighted by molar-refractivity contribution is 7.89. The van der Waals surface area contributed by atoms with Crippen LogP contribution in [0.4, 0.5) is 0 Å². The second kappa shape index (κ2) is 3.50. The van der Waals surface area contributed by atoms with Crippen molar-refractivity contribution in [2.75, 3.05) is 7.11 Å². The predicted octanol–water partition coefficient (Wildman–Crippen LogP) is 0.834. The van der Waals surface area contributed by atoms with Crippen molar-refractivity contribution in [3.8, 4) is 5.75 Å². The van der Waals surface area contributed by atoms with E-state index in [0.29, 0.717) is 11.1 Å². The molecule has 2 N–H and O–H groups in total. The van der Waals surface area contributed by atoms with Gasteiger partial charge in [-0.05, 0) is 12.1 Å². The number of methoxy groups -OCH3 is 1. The van der Waals surface area contributed by atoms with Gasteiger partial charge in [-0.3, -0.25) is 0 Å². The van der Waals surface area contributed by atoms with Crippen molar-refractivity contribution in [3.63, 3.8) is 0 Å². The Morgan fingerprint density at radius 3 is 2.62 bits per heavy atom. The van der Waals surface area contributed by atoms with Crippen molar-refractivity contribution in [1.82, 2.24) is 4.57 Å². The molecular weight excluding hydrogens is 228 g/mol. The van der Waals surface area contributed by atoms with Gasteiger partial charge >= 0.3 is 0 Å². The molecule has 0 spiro atoms. The number of sulfonamides is 1. The average molecular weight is 240 g/mol. The Hall–Kier alpha value is -1.53. The fourth-order valence-electron chi connectivity index (χ4n) is 1.76. The normalized spacial score (nSPS) is 11.9. The van der Waals surface area contributed by atoms with E-state index in [2.05, 4.69) is 0 Å². The van der Waals surface area contributed by atoms with Gasteiger partial charge in [0.2, 0.25) is 10.0 Å². The van der Waals surface area contributed by atoms with E-state index in [9.17, 15) is 8.42 Å². The van der Waals surface area contributed by atoms with Gasteiger partial charge in [0.25, 0.3) is 0 Å². The van der Waals surface area contributed by atoms with E-state index in [4.69, 9.17) is 9.88 Å². The van der Waals surface area contributed by atoms with Gasteiger partial charge in [0.05, 0.1) is 18.0 Å². The Labute approximate surface area is 93.5 Å². The van der Waals surface area contributed by atoms with Crippen LogP contribution in [0.5, 0.6) is 5.75 Å². The summed E-state index contributed by atoms with van der Waals surface area (Å²) in [5.74, 6) is 0.502. The van der Waals surface area contributed by atoms with Crippen molar-refractivity contribution >= 4 is 20.9 Å². The van der Waals surface area contributed by atoms with Crippen LogP contribution in [0.1, 0.15) is 0 Å². The third-order valence-corrected chi connectivity index (χ3v) is 3.39. The number of aromatic nitrogens is 1. The number of nitrogens with zero attached hydrogens (tertiary/aromatic N) is 1. The van der Waals surface area contributed by atoms with Crippen molar-refractivity contribution in [3.05, 3.63) is 24.4 Å². The summed E-state index contributed by atoms with van der Waals surface area (Å²) in [5, 5.41) is 5.69. The zero-order chi connectivity index (χ0) is 11.9. The largest absolute Gasteiger partial charge is 0.496 e. The van der Waals surface area contributed by atoms with Crippen LogP contribution in [0, 0.1) is 0 Å². The number of benzene rings is 1. The third-order valence-electron chi connectivity index (χ3n) is 2.47. The van der Waals surface area contributed by atoms with Gasteiger partial charge < -0.3 is 9.30 Å². The Morgan fingerprint density at radius 2 is 2.06 bits per heavy atom. The number of fused-ring (bicyclic) bond motifs is 1. The Kier molecular flexibility index (Phi) is 2.40. The highest BCUT2D eigenvalue weighted by Gasteiger charge is 2.19. The first-order chi connectivity index (χ1) is 7.45. The molecule has 0 aliphatic heterocycles. The molecule has 0 aliphatic rings. The van der Waals surface area contributed by atoms with Crippen LogP contribution in [0.2, 0.25) is 0 Å². The molecule has 2 aromatic rings. The lowest BCUT2D eigenvalue weighted by atomic mass is 10.2. The van der Waals surface area contributed by atoms with Gasteiger partial charge in [0.15, 0.2) is 0 Å². The molecule has 1 heterocycles. The van der Waals surface area contributed by atoms with Gasteiger partial charge in [-0.2, -0.15) is 0 Å². The number of ether oxygens (including phenoxy) is 1. The maximum Gasteiger partial charge on any atom is 0.240 e. The minimum Gasteiger partial charge on any atom is -0.496 e. The fourth-order valence-corrected chi connectivity index (χ4v) is 2.55. The average Bonchev–Trinajstić information content (AvgIpc) is 2.56. The van der Waals surface area contributed by atoms with E-state index >= 15 is 0 Å². The first-order valence-corrected chi connectivity index (χ1v) is 6.14. The standard InChI is InChI=1S/C10H12N2O3S/c1-12-6-9(16(11,13)14)10-7(12)4-3-5-8(10)15-2/h3-6H,1-2H3,(H2,11,13,14). The number of hydrogen-bond donors (Lipinski definition) is 1. The SMILES string of the molecule is COc1cccc2c1c(S(N)(=O)=O)cn2C. The summed E-state index contributed by atoms with van der Waals surface area (Å²) in [5.41, 5.74) is 0.767. The van der Waals surface area contributed by atoms with Crippen LogP contribution in [-0.4, -0.2) is 20.1 Å². The molecule has 0 saturated carbocycles. The Balaban J connectivity index is 2.97. The molecule has 0 aliphatic carbocycles. The third kappa shape index (κ3) is 1.56. The topological polar surface area (TPSA) is 74.3 Å². The minimum absolute atomic E-state index is 0.0856. The van der Waals surface area contributed by atoms with Crippen LogP contribution in [0.3, 0.4) is 0 Å². The maximum atomic E-state index is 11.4. The summed E-state index contributed by atoms with van der Waals surface area (Å²) in [6.45, 7) is 0. The molecule has 0 atom stereocenters. The lowest BCUT2D eigenvalue weighted by Crippen LogP contribution is -2.11. The van der Waals surface area contributed by atoms with Crippen LogP contribution >= 0.6 is 0 Å². The quantitative estimate of drug-likeness (QED) is 0.845. The monoisotopic (exact) mass is 240 g/mol. The smallest absolute Gasteiger partial charge is 0.240 e. The van der Waals surface area contributed by atoms with Crippen LogP contribution in [-0.2, 0) is 17.1 Å². The van der Waals surface area contributed by atoms with Gasteiger partial charge in [-0.1, -0.05) is 6.07 Å². The second-order valence-corrected chi connectivity index (χ2v) is 5.03. The predicted molar refractivity (Wildman–Crippen MR) is 60.8 cm³/mol. The van der Waals surface area contributed by atoms with E-state index in [1.165, 1.54) is 13.3 Å². The molecule has 0 saturated heterocycles. The maximum absolute atomic E-state index is 11.4. The van der Waals surface area contributed by atoms with Gasteiger partial charge in [0, 0.05) is 13.2 Å². The zero-order valence-corrected chi connectivity index (χ0v) is 9.78. The Morgan fingerprint density at radius 1 is 1.38 bits per heavy atom. The Bertz CT molecular complexity index is 643. The molecule has 0 fully saturated rings. The highest BCUT2D eigenvalue weighted by atomic mass is 32.2. The van der Waals surface area contributed by atoms with Crippen LogP contribution < -0.4 is 9.88 Å². The number of rotatable bonds is 2. The van der Waals surface area contributed by atoms with Gasteiger partial charge in [-0.15, -0.1) is 0 Å². The van der Waals surface area contributed by atoms with Crippen LogP contribution in [0.25, 0.3) is 10.9 Å². The number of primary sulfonamides is 1. The fraction of sp³-hybridized carbons (Fsp3) is 0.200. The summed E-state index contributed by atoms with van der Waals surface area (Å²) >= 11 is 0. The number of aryl methyl sites for hydroxylation is 1. The summed E-state index contributed by atoms with van der Waals surface area (Å²) in [4.78, 5) is 0.0856. The summed E-state index contributed by atoms with van der Waals surface area (Å²) < 4.78 is 29.7. The van der Waals surface area contributed by atoms with Crippen LogP contribution in [0.15, 0.2) is 29.3 Å². The van der Waals surface area contributed by atoms with Crippen molar-refractivity contribution < 1.29 is 13.2 Å². The van der Waals surface area contributed by atoms with E-state index in [-0.39, 0.29) is 4.90 Å². The first kappa shape index (κ1) is 11.0. The van der Waals surface area contributed by atoms with E-state index in [0.717, 1.165) is 5.52 Å². The molecular formula is C10H12N2O3S. The molecule has 1 aromatic heterocycles. The number of nitrogens with two attached hydrogens (primary N) is 1. The van der Waals surface area contributed by atoms with Crippen molar-refractivity contribution in [2.24, 2.45) is 12.2 Å². The molecule has 0 radical (unpaired) electrons. The van der Waals surface area contributed by atoms with E-state index in [1.54, 1.807) is 23.7 Å². The minimum atomic E-state index is -3.74. The van der Waals surface area contributed by atoms with Crippen molar-refractivity contribution in [1.29, 1.82) is 0 Å². The molecule has 0 bridgehead atoms. The lowest BCUT2D eigenvalue weighted by molar-refractivity contribution is 0.419.